The molecule has 2 fully saturated rings. The zero-order valence-electron chi connectivity index (χ0n) is 11.9. The Kier molecular flexibility index (Phi) is 4.06. The van der Waals surface area contributed by atoms with E-state index in [9.17, 15) is 9.59 Å². The first kappa shape index (κ1) is 13.9. The van der Waals surface area contributed by atoms with Gasteiger partial charge in [-0.2, -0.15) is 0 Å². The van der Waals surface area contributed by atoms with E-state index in [0.29, 0.717) is 18.7 Å². The fourth-order valence-electron chi connectivity index (χ4n) is 2.75. The monoisotopic (exact) mass is 288 g/mol. The quantitative estimate of drug-likeness (QED) is 0.766. The number of nitrogens with one attached hydrogen (secondary N) is 3. The van der Waals surface area contributed by atoms with Crippen LogP contribution in [-0.4, -0.2) is 44.2 Å². The van der Waals surface area contributed by atoms with Crippen LogP contribution in [-0.2, 0) is 0 Å². The van der Waals surface area contributed by atoms with Gasteiger partial charge in [-0.1, -0.05) is 0 Å². The number of benzene rings is 1. The van der Waals surface area contributed by atoms with E-state index in [-0.39, 0.29) is 18.0 Å². The maximum Gasteiger partial charge on any atom is 0.321 e. The summed E-state index contributed by atoms with van der Waals surface area (Å²) in [6, 6.07) is 7.30. The first-order valence-electron chi connectivity index (χ1n) is 7.41. The summed E-state index contributed by atoms with van der Waals surface area (Å²) in [7, 11) is 0. The number of piperidine rings is 1. The highest BCUT2D eigenvalue weighted by molar-refractivity contribution is 5.97. The van der Waals surface area contributed by atoms with E-state index < -0.39 is 0 Å². The van der Waals surface area contributed by atoms with Crippen molar-refractivity contribution in [1.82, 2.24) is 16.0 Å². The van der Waals surface area contributed by atoms with Crippen molar-refractivity contribution in [3.8, 4) is 0 Å². The number of rotatable bonds is 3. The summed E-state index contributed by atoms with van der Waals surface area (Å²) >= 11 is 0. The third-order valence-corrected chi connectivity index (χ3v) is 3.93. The molecular formula is C15H20N4O2. The second-order valence-corrected chi connectivity index (χ2v) is 5.45. The molecule has 21 heavy (non-hydrogen) atoms. The molecule has 0 saturated carbocycles. The van der Waals surface area contributed by atoms with Gasteiger partial charge in [0.2, 0.25) is 0 Å². The number of anilines is 1. The third kappa shape index (κ3) is 3.16. The molecule has 6 nitrogen and oxygen atoms in total. The Labute approximate surface area is 123 Å². The minimum absolute atomic E-state index is 0.0545. The minimum atomic E-state index is -0.0829. The summed E-state index contributed by atoms with van der Waals surface area (Å²) in [6.45, 7) is 3.19. The van der Waals surface area contributed by atoms with Gasteiger partial charge in [0.25, 0.3) is 5.91 Å². The molecule has 0 spiro atoms. The molecule has 0 bridgehead atoms. The Bertz CT molecular complexity index is 523. The molecule has 1 atom stereocenters. The normalized spacial score (nSPS) is 22.0. The maximum absolute atomic E-state index is 12.2. The maximum atomic E-state index is 12.2. The first-order valence-corrected chi connectivity index (χ1v) is 7.41. The van der Waals surface area contributed by atoms with Crippen LogP contribution in [0, 0.1) is 0 Å². The van der Waals surface area contributed by atoms with Gasteiger partial charge in [-0.15, -0.1) is 0 Å². The molecule has 0 aliphatic carbocycles. The summed E-state index contributed by atoms with van der Waals surface area (Å²) < 4.78 is 0. The van der Waals surface area contributed by atoms with Crippen molar-refractivity contribution in [2.45, 2.75) is 18.9 Å². The van der Waals surface area contributed by atoms with Crippen LogP contribution in [0.5, 0.6) is 0 Å². The Morgan fingerprint density at radius 1 is 1.24 bits per heavy atom. The smallest absolute Gasteiger partial charge is 0.321 e. The lowest BCUT2D eigenvalue weighted by Gasteiger charge is -2.23. The van der Waals surface area contributed by atoms with Crippen molar-refractivity contribution in [2.24, 2.45) is 0 Å². The van der Waals surface area contributed by atoms with E-state index in [0.717, 1.165) is 31.6 Å². The van der Waals surface area contributed by atoms with Gasteiger partial charge in [-0.3, -0.25) is 9.69 Å². The molecule has 3 rings (SSSR count). The van der Waals surface area contributed by atoms with E-state index in [2.05, 4.69) is 16.0 Å². The lowest BCUT2D eigenvalue weighted by molar-refractivity contribution is 0.0930. The van der Waals surface area contributed by atoms with Gasteiger partial charge in [0.05, 0.1) is 0 Å². The van der Waals surface area contributed by atoms with E-state index in [4.69, 9.17) is 0 Å². The number of hydrogen-bond donors (Lipinski definition) is 3. The fraction of sp³-hybridized carbons (Fsp3) is 0.467. The molecule has 2 aliphatic heterocycles. The van der Waals surface area contributed by atoms with Gasteiger partial charge < -0.3 is 16.0 Å². The number of carbonyl (C=O) groups is 2. The van der Waals surface area contributed by atoms with Crippen molar-refractivity contribution in [3.05, 3.63) is 29.8 Å². The van der Waals surface area contributed by atoms with Crippen LogP contribution in [0.4, 0.5) is 10.5 Å². The number of carbonyl (C=O) groups excluding carboxylic acids is 2. The summed E-state index contributed by atoms with van der Waals surface area (Å²) in [6.07, 6.45) is 2.11. The second kappa shape index (κ2) is 6.13. The number of hydrogen-bond acceptors (Lipinski definition) is 3. The van der Waals surface area contributed by atoms with E-state index in [1.807, 2.05) is 12.1 Å². The lowest BCUT2D eigenvalue weighted by atomic mass is 10.1. The Morgan fingerprint density at radius 3 is 2.67 bits per heavy atom. The highest BCUT2D eigenvalue weighted by atomic mass is 16.2. The van der Waals surface area contributed by atoms with Gasteiger partial charge in [0.15, 0.2) is 0 Å². The SMILES string of the molecule is O=C(N[C@H]1CCCNC1)c1ccc(N2CCNC2=O)cc1. The molecule has 2 saturated heterocycles. The topological polar surface area (TPSA) is 73.5 Å². The van der Waals surface area contributed by atoms with Crippen LogP contribution in [0.1, 0.15) is 23.2 Å². The number of amides is 3. The minimum Gasteiger partial charge on any atom is -0.348 e. The van der Waals surface area contributed by atoms with Crippen molar-refractivity contribution >= 4 is 17.6 Å². The molecule has 0 radical (unpaired) electrons. The molecule has 1 aromatic carbocycles. The van der Waals surface area contributed by atoms with E-state index in [1.165, 1.54) is 0 Å². The predicted octanol–water partition coefficient (Wildman–Crippen LogP) is 0.698. The molecular weight excluding hydrogens is 268 g/mol. The van der Waals surface area contributed by atoms with Crippen molar-refractivity contribution < 1.29 is 9.59 Å². The molecule has 3 amide bonds. The summed E-state index contributed by atoms with van der Waals surface area (Å²) in [5, 5.41) is 9.08. The van der Waals surface area contributed by atoms with Gasteiger partial charge in [0.1, 0.15) is 0 Å². The van der Waals surface area contributed by atoms with Gasteiger partial charge in [-0.25, -0.2) is 4.79 Å². The van der Waals surface area contributed by atoms with Gasteiger partial charge in [-0.05, 0) is 43.7 Å². The third-order valence-electron chi connectivity index (χ3n) is 3.93. The highest BCUT2D eigenvalue weighted by Gasteiger charge is 2.21. The zero-order chi connectivity index (χ0) is 14.7. The second-order valence-electron chi connectivity index (χ2n) is 5.45. The summed E-state index contributed by atoms with van der Waals surface area (Å²) in [5.41, 5.74) is 1.45. The van der Waals surface area contributed by atoms with Crippen molar-refractivity contribution in [1.29, 1.82) is 0 Å². The Balaban J connectivity index is 1.63. The van der Waals surface area contributed by atoms with E-state index >= 15 is 0 Å². The molecule has 3 N–H and O–H groups in total. The van der Waals surface area contributed by atoms with Crippen LogP contribution < -0.4 is 20.9 Å². The molecule has 2 heterocycles. The molecule has 112 valence electrons. The molecule has 2 aliphatic rings. The zero-order valence-corrected chi connectivity index (χ0v) is 11.9. The van der Waals surface area contributed by atoms with Crippen LogP contribution in [0.15, 0.2) is 24.3 Å². The fourth-order valence-corrected chi connectivity index (χ4v) is 2.75. The van der Waals surface area contributed by atoms with E-state index in [1.54, 1.807) is 17.0 Å². The highest BCUT2D eigenvalue weighted by Crippen LogP contribution is 2.17. The van der Waals surface area contributed by atoms with Crippen LogP contribution >= 0.6 is 0 Å². The summed E-state index contributed by atoms with van der Waals surface area (Å²) in [5.74, 6) is -0.0545. The average molecular weight is 288 g/mol. The van der Waals surface area contributed by atoms with Crippen LogP contribution in [0.25, 0.3) is 0 Å². The largest absolute Gasteiger partial charge is 0.348 e. The Hall–Kier alpha value is -2.08. The molecule has 0 unspecified atom stereocenters. The first-order chi connectivity index (χ1) is 10.2. The standard InChI is InChI=1S/C15H20N4O2/c20-14(18-12-2-1-7-16-10-12)11-3-5-13(6-4-11)19-9-8-17-15(19)21/h3-6,12,16H,1-2,7-10H2,(H,17,21)(H,18,20)/t12-/m0/s1. The van der Waals surface area contributed by atoms with Crippen molar-refractivity contribution in [2.75, 3.05) is 31.1 Å². The van der Waals surface area contributed by atoms with Gasteiger partial charge in [0, 0.05) is 36.9 Å². The Morgan fingerprint density at radius 2 is 2.05 bits per heavy atom. The van der Waals surface area contributed by atoms with Gasteiger partial charge >= 0.3 is 6.03 Å². The number of nitrogens with zero attached hydrogens (tertiary/aromatic N) is 1. The lowest BCUT2D eigenvalue weighted by Crippen LogP contribution is -2.45. The summed E-state index contributed by atoms with van der Waals surface area (Å²) in [4.78, 5) is 25.4. The molecule has 1 aromatic rings. The average Bonchev–Trinajstić information content (AvgIpc) is 2.94. The molecule has 0 aromatic heterocycles. The van der Waals surface area contributed by atoms with Crippen LogP contribution in [0.3, 0.4) is 0 Å². The van der Waals surface area contributed by atoms with Crippen molar-refractivity contribution in [3.63, 3.8) is 0 Å². The van der Waals surface area contributed by atoms with Crippen LogP contribution in [0.2, 0.25) is 0 Å². The molecule has 6 heteroatoms. The number of urea groups is 1. The predicted molar refractivity (Wildman–Crippen MR) is 80.5 cm³/mol.